The van der Waals surface area contributed by atoms with Crippen LogP contribution in [-0.4, -0.2) is 22.9 Å². The van der Waals surface area contributed by atoms with Gasteiger partial charge in [0, 0.05) is 24.8 Å². The SMILES string of the molecule is O=C(O)c1ccc(CNCc2cccc3c2OCO3)nc1. The zero-order valence-electron chi connectivity index (χ0n) is 11.2. The summed E-state index contributed by atoms with van der Waals surface area (Å²) in [7, 11) is 0. The van der Waals surface area contributed by atoms with E-state index in [1.54, 1.807) is 12.1 Å². The first-order valence-electron chi connectivity index (χ1n) is 6.50. The minimum atomic E-state index is -0.973. The monoisotopic (exact) mass is 286 g/mol. The molecule has 3 rings (SSSR count). The van der Waals surface area contributed by atoms with Crippen molar-refractivity contribution in [2.45, 2.75) is 13.1 Å². The number of carboxylic acid groups (broad SMARTS) is 1. The summed E-state index contributed by atoms with van der Waals surface area (Å²) in [6, 6.07) is 9.01. The van der Waals surface area contributed by atoms with Gasteiger partial charge in [0.15, 0.2) is 11.5 Å². The summed E-state index contributed by atoms with van der Waals surface area (Å²) in [6.07, 6.45) is 1.36. The fraction of sp³-hybridized carbons (Fsp3) is 0.200. The lowest BCUT2D eigenvalue weighted by atomic mass is 10.2. The summed E-state index contributed by atoms with van der Waals surface area (Å²) in [4.78, 5) is 14.8. The molecule has 21 heavy (non-hydrogen) atoms. The topological polar surface area (TPSA) is 80.7 Å². The van der Waals surface area contributed by atoms with Crippen molar-refractivity contribution in [3.63, 3.8) is 0 Å². The number of hydrogen-bond acceptors (Lipinski definition) is 5. The van der Waals surface area contributed by atoms with E-state index in [1.807, 2.05) is 18.2 Å². The Morgan fingerprint density at radius 2 is 2.14 bits per heavy atom. The van der Waals surface area contributed by atoms with Crippen LogP contribution in [0.4, 0.5) is 0 Å². The predicted octanol–water partition coefficient (Wildman–Crippen LogP) is 1.80. The van der Waals surface area contributed by atoms with Crippen LogP contribution >= 0.6 is 0 Å². The number of hydrogen-bond donors (Lipinski definition) is 2. The van der Waals surface area contributed by atoms with Gasteiger partial charge in [0.05, 0.1) is 11.3 Å². The number of nitrogens with zero attached hydrogens (tertiary/aromatic N) is 1. The number of fused-ring (bicyclic) bond motifs is 1. The van der Waals surface area contributed by atoms with Gasteiger partial charge in [-0.3, -0.25) is 4.98 Å². The Hall–Kier alpha value is -2.60. The van der Waals surface area contributed by atoms with E-state index in [0.29, 0.717) is 13.1 Å². The third-order valence-electron chi connectivity index (χ3n) is 3.17. The van der Waals surface area contributed by atoms with Gasteiger partial charge in [0.1, 0.15) is 0 Å². The van der Waals surface area contributed by atoms with Gasteiger partial charge in [-0.05, 0) is 18.2 Å². The largest absolute Gasteiger partial charge is 0.478 e. The highest BCUT2D eigenvalue weighted by Gasteiger charge is 2.16. The van der Waals surface area contributed by atoms with Crippen LogP contribution in [0.5, 0.6) is 11.5 Å². The van der Waals surface area contributed by atoms with Crippen LogP contribution in [0.3, 0.4) is 0 Å². The Morgan fingerprint density at radius 1 is 1.24 bits per heavy atom. The van der Waals surface area contributed by atoms with Gasteiger partial charge in [-0.2, -0.15) is 0 Å². The van der Waals surface area contributed by atoms with Gasteiger partial charge in [-0.15, -0.1) is 0 Å². The lowest BCUT2D eigenvalue weighted by molar-refractivity contribution is 0.0696. The zero-order valence-corrected chi connectivity index (χ0v) is 11.2. The minimum absolute atomic E-state index is 0.185. The smallest absolute Gasteiger partial charge is 0.337 e. The molecule has 2 N–H and O–H groups in total. The molecule has 108 valence electrons. The molecule has 1 aliphatic rings. The molecule has 0 amide bonds. The number of carboxylic acids is 1. The number of rotatable bonds is 5. The van der Waals surface area contributed by atoms with E-state index < -0.39 is 5.97 Å². The van der Waals surface area contributed by atoms with Gasteiger partial charge in [0.25, 0.3) is 0 Å². The normalized spacial score (nSPS) is 12.4. The maximum atomic E-state index is 10.7. The minimum Gasteiger partial charge on any atom is -0.478 e. The summed E-state index contributed by atoms with van der Waals surface area (Å²) >= 11 is 0. The second-order valence-corrected chi connectivity index (χ2v) is 4.60. The average Bonchev–Trinajstić information content (AvgIpc) is 2.97. The fourth-order valence-corrected chi connectivity index (χ4v) is 2.11. The van der Waals surface area contributed by atoms with Crippen molar-refractivity contribution in [3.8, 4) is 11.5 Å². The molecule has 0 saturated heterocycles. The highest BCUT2D eigenvalue weighted by Crippen LogP contribution is 2.35. The van der Waals surface area contributed by atoms with Crippen LogP contribution < -0.4 is 14.8 Å². The van der Waals surface area contributed by atoms with Crippen LogP contribution in [-0.2, 0) is 13.1 Å². The van der Waals surface area contributed by atoms with Crippen molar-refractivity contribution < 1.29 is 19.4 Å². The number of carbonyl (C=O) groups is 1. The molecule has 0 saturated carbocycles. The molecule has 0 radical (unpaired) electrons. The average molecular weight is 286 g/mol. The van der Waals surface area contributed by atoms with Gasteiger partial charge >= 0.3 is 5.97 Å². The molecular formula is C15H14N2O4. The summed E-state index contributed by atoms with van der Waals surface area (Å²) in [6.45, 7) is 1.42. The van der Waals surface area contributed by atoms with Crippen molar-refractivity contribution in [1.29, 1.82) is 0 Å². The molecule has 0 spiro atoms. The number of para-hydroxylation sites is 1. The Kier molecular flexibility index (Phi) is 3.70. The molecule has 6 nitrogen and oxygen atoms in total. The number of ether oxygens (including phenoxy) is 2. The molecular weight excluding hydrogens is 272 g/mol. The number of benzene rings is 1. The van der Waals surface area contributed by atoms with E-state index in [1.165, 1.54) is 6.20 Å². The zero-order chi connectivity index (χ0) is 14.7. The van der Waals surface area contributed by atoms with E-state index in [9.17, 15) is 4.79 Å². The Bertz CT molecular complexity index is 655. The number of aromatic carboxylic acids is 1. The second kappa shape index (κ2) is 5.80. The van der Waals surface area contributed by atoms with Crippen LogP contribution in [0.15, 0.2) is 36.5 Å². The molecule has 1 aromatic heterocycles. The first kappa shape index (κ1) is 13.4. The van der Waals surface area contributed by atoms with E-state index in [2.05, 4.69) is 10.3 Å². The maximum absolute atomic E-state index is 10.7. The van der Waals surface area contributed by atoms with Crippen molar-refractivity contribution in [1.82, 2.24) is 10.3 Å². The lowest BCUT2D eigenvalue weighted by Crippen LogP contribution is -2.14. The summed E-state index contributed by atoms with van der Waals surface area (Å²) in [5, 5.41) is 12.1. The van der Waals surface area contributed by atoms with Crippen LogP contribution in [0.1, 0.15) is 21.6 Å². The molecule has 0 fully saturated rings. The first-order valence-corrected chi connectivity index (χ1v) is 6.50. The van der Waals surface area contributed by atoms with Crippen molar-refractivity contribution in [2.24, 2.45) is 0 Å². The quantitative estimate of drug-likeness (QED) is 0.872. The van der Waals surface area contributed by atoms with Crippen LogP contribution in [0.25, 0.3) is 0 Å². The molecule has 0 unspecified atom stereocenters. The van der Waals surface area contributed by atoms with Gasteiger partial charge in [0.2, 0.25) is 6.79 Å². The van der Waals surface area contributed by atoms with Crippen LogP contribution in [0, 0.1) is 0 Å². The van der Waals surface area contributed by atoms with Crippen molar-refractivity contribution in [2.75, 3.05) is 6.79 Å². The fourth-order valence-electron chi connectivity index (χ4n) is 2.11. The summed E-state index contributed by atoms with van der Waals surface area (Å²) in [5.74, 6) is 0.566. The number of aromatic nitrogens is 1. The third-order valence-corrected chi connectivity index (χ3v) is 3.17. The second-order valence-electron chi connectivity index (χ2n) is 4.60. The van der Waals surface area contributed by atoms with Crippen LogP contribution in [0.2, 0.25) is 0 Å². The first-order chi connectivity index (χ1) is 10.2. The van der Waals surface area contributed by atoms with E-state index in [0.717, 1.165) is 22.8 Å². The summed E-state index contributed by atoms with van der Waals surface area (Å²) in [5.41, 5.74) is 1.99. The molecule has 6 heteroatoms. The number of pyridine rings is 1. The van der Waals surface area contributed by atoms with Crippen molar-refractivity contribution in [3.05, 3.63) is 53.3 Å². The molecule has 0 aliphatic carbocycles. The molecule has 0 atom stereocenters. The number of nitrogens with one attached hydrogen (secondary N) is 1. The molecule has 1 aliphatic heterocycles. The van der Waals surface area contributed by atoms with E-state index >= 15 is 0 Å². The molecule has 2 aromatic rings. The van der Waals surface area contributed by atoms with Gasteiger partial charge < -0.3 is 19.9 Å². The summed E-state index contributed by atoms with van der Waals surface area (Å²) < 4.78 is 10.8. The Morgan fingerprint density at radius 3 is 2.90 bits per heavy atom. The van der Waals surface area contributed by atoms with Gasteiger partial charge in [-0.1, -0.05) is 12.1 Å². The third kappa shape index (κ3) is 2.95. The molecule has 2 heterocycles. The highest BCUT2D eigenvalue weighted by atomic mass is 16.7. The van der Waals surface area contributed by atoms with E-state index in [4.69, 9.17) is 14.6 Å². The molecule has 0 bridgehead atoms. The highest BCUT2D eigenvalue weighted by molar-refractivity contribution is 5.87. The Balaban J connectivity index is 1.59. The van der Waals surface area contributed by atoms with Gasteiger partial charge in [-0.25, -0.2) is 4.79 Å². The maximum Gasteiger partial charge on any atom is 0.337 e. The predicted molar refractivity (Wildman–Crippen MR) is 74.3 cm³/mol. The molecule has 1 aromatic carbocycles. The Labute approximate surface area is 121 Å². The standard InChI is InChI=1S/C15H14N2O4/c18-15(19)11-4-5-12(17-7-11)8-16-6-10-2-1-3-13-14(10)21-9-20-13/h1-5,7,16H,6,8-9H2,(H,18,19). The lowest BCUT2D eigenvalue weighted by Gasteiger charge is -2.07. The van der Waals surface area contributed by atoms with E-state index in [-0.39, 0.29) is 12.4 Å². The van der Waals surface area contributed by atoms with Crippen molar-refractivity contribution >= 4 is 5.97 Å².